The molecule has 0 aliphatic carbocycles. The van der Waals surface area contributed by atoms with Crippen LogP contribution in [0.2, 0.25) is 0 Å². The fraction of sp³-hybridized carbons (Fsp3) is 0.143. The molecule has 0 saturated heterocycles. The first-order chi connectivity index (χ1) is 9.86. The lowest BCUT2D eigenvalue weighted by Crippen LogP contribution is -2.08. The summed E-state index contributed by atoms with van der Waals surface area (Å²) in [7, 11) is 0. The van der Waals surface area contributed by atoms with E-state index in [0.717, 1.165) is 6.07 Å². The zero-order valence-corrected chi connectivity index (χ0v) is 12.5. The van der Waals surface area contributed by atoms with Crippen molar-refractivity contribution in [3.63, 3.8) is 0 Å². The zero-order chi connectivity index (χ0) is 15.6. The van der Waals surface area contributed by atoms with Gasteiger partial charge in [0.15, 0.2) is 0 Å². The van der Waals surface area contributed by atoms with Crippen molar-refractivity contribution in [2.24, 2.45) is 0 Å². The summed E-state index contributed by atoms with van der Waals surface area (Å²) in [6, 6.07) is 7.16. The highest BCUT2D eigenvalue weighted by Gasteiger charge is 2.13. The van der Waals surface area contributed by atoms with Gasteiger partial charge in [-0.3, -0.25) is 10.1 Å². The second-order valence-corrected chi connectivity index (χ2v) is 5.34. The van der Waals surface area contributed by atoms with E-state index in [4.69, 9.17) is 0 Å². The van der Waals surface area contributed by atoms with Gasteiger partial charge in [0.2, 0.25) is 0 Å². The Kier molecular flexibility index (Phi) is 4.52. The van der Waals surface area contributed by atoms with Gasteiger partial charge in [0.05, 0.1) is 4.92 Å². The van der Waals surface area contributed by atoms with Crippen LogP contribution in [0.1, 0.15) is 18.5 Å². The number of hydrogen-bond donors (Lipinski definition) is 1. The van der Waals surface area contributed by atoms with E-state index in [1.807, 2.05) is 0 Å². The Bertz CT molecular complexity index is 674. The van der Waals surface area contributed by atoms with Crippen LogP contribution in [0.3, 0.4) is 0 Å². The molecule has 1 N–H and O–H groups in total. The van der Waals surface area contributed by atoms with E-state index in [-0.39, 0.29) is 11.7 Å². The van der Waals surface area contributed by atoms with Crippen molar-refractivity contribution in [1.82, 2.24) is 0 Å². The minimum atomic E-state index is -0.651. The van der Waals surface area contributed by atoms with Crippen molar-refractivity contribution >= 4 is 27.3 Å². The molecule has 0 spiro atoms. The van der Waals surface area contributed by atoms with Crippen LogP contribution >= 0.6 is 15.9 Å². The molecule has 0 radical (unpaired) electrons. The molecule has 0 aromatic heterocycles. The molecular weight excluding hydrogens is 346 g/mol. The van der Waals surface area contributed by atoms with Crippen LogP contribution < -0.4 is 5.32 Å². The highest BCUT2D eigenvalue weighted by Crippen LogP contribution is 2.30. The highest BCUT2D eigenvalue weighted by molar-refractivity contribution is 9.10. The van der Waals surface area contributed by atoms with E-state index in [0.29, 0.717) is 15.7 Å². The molecule has 0 fully saturated rings. The van der Waals surface area contributed by atoms with Crippen molar-refractivity contribution in [2.75, 3.05) is 5.32 Å². The Balaban J connectivity index is 2.23. The summed E-state index contributed by atoms with van der Waals surface area (Å²) in [4.78, 5) is 10.2. The fourth-order valence-electron chi connectivity index (χ4n) is 1.88. The van der Waals surface area contributed by atoms with Gasteiger partial charge in [-0.1, -0.05) is 0 Å². The first kappa shape index (κ1) is 15.4. The van der Waals surface area contributed by atoms with Crippen molar-refractivity contribution in [1.29, 1.82) is 0 Å². The Morgan fingerprint density at radius 2 is 1.81 bits per heavy atom. The van der Waals surface area contributed by atoms with Gasteiger partial charge in [0.1, 0.15) is 11.6 Å². The van der Waals surface area contributed by atoms with E-state index in [1.54, 1.807) is 6.92 Å². The number of halogens is 3. The van der Waals surface area contributed by atoms with E-state index in [2.05, 4.69) is 21.2 Å². The predicted octanol–water partition coefficient (Wildman–Crippen LogP) is 4.81. The molecule has 1 unspecified atom stereocenters. The van der Waals surface area contributed by atoms with Crippen LogP contribution in [0, 0.1) is 21.7 Å². The first-order valence-electron chi connectivity index (χ1n) is 6.03. The molecule has 1 atom stereocenters. The van der Waals surface area contributed by atoms with Crippen molar-refractivity contribution in [3.8, 4) is 0 Å². The van der Waals surface area contributed by atoms with Crippen LogP contribution in [0.15, 0.2) is 40.9 Å². The third-order valence-electron chi connectivity index (χ3n) is 2.92. The molecule has 0 bridgehead atoms. The Morgan fingerprint density at radius 1 is 1.19 bits per heavy atom. The van der Waals surface area contributed by atoms with Crippen molar-refractivity contribution in [3.05, 3.63) is 68.2 Å². The number of hydrogen-bond acceptors (Lipinski definition) is 3. The molecule has 0 saturated carbocycles. The average molecular weight is 357 g/mol. The number of nitro benzene ring substituents is 1. The maximum atomic E-state index is 13.2. The highest BCUT2D eigenvalue weighted by atomic mass is 79.9. The van der Waals surface area contributed by atoms with Gasteiger partial charge >= 0.3 is 0 Å². The number of nitrogens with zero attached hydrogens (tertiary/aromatic N) is 1. The molecule has 0 heterocycles. The molecule has 2 aromatic carbocycles. The number of nitro groups is 1. The van der Waals surface area contributed by atoms with Crippen LogP contribution in [-0.2, 0) is 0 Å². The van der Waals surface area contributed by atoms with Crippen molar-refractivity contribution < 1.29 is 13.7 Å². The second-order valence-electron chi connectivity index (χ2n) is 4.49. The predicted molar refractivity (Wildman–Crippen MR) is 79.2 cm³/mol. The maximum absolute atomic E-state index is 13.2. The van der Waals surface area contributed by atoms with Gasteiger partial charge in [0, 0.05) is 34.4 Å². The normalized spacial score (nSPS) is 12.0. The molecule has 110 valence electrons. The molecule has 4 nitrogen and oxygen atoms in total. The second kappa shape index (κ2) is 6.17. The van der Waals surface area contributed by atoms with Crippen LogP contribution in [0.5, 0.6) is 0 Å². The summed E-state index contributed by atoms with van der Waals surface area (Å²) >= 11 is 3.23. The van der Waals surface area contributed by atoms with E-state index < -0.39 is 16.6 Å². The van der Waals surface area contributed by atoms with Gasteiger partial charge in [0.25, 0.3) is 5.69 Å². The van der Waals surface area contributed by atoms with Crippen LogP contribution in [0.25, 0.3) is 0 Å². The fourth-order valence-corrected chi connectivity index (χ4v) is 2.36. The lowest BCUT2D eigenvalue weighted by Gasteiger charge is -2.17. The minimum Gasteiger partial charge on any atom is -0.378 e. The summed E-state index contributed by atoms with van der Waals surface area (Å²) in [5.41, 5.74) is 0.993. The monoisotopic (exact) mass is 356 g/mol. The van der Waals surface area contributed by atoms with Gasteiger partial charge in [-0.05, 0) is 46.6 Å². The number of nitrogens with one attached hydrogen (secondary N) is 1. The topological polar surface area (TPSA) is 55.2 Å². The van der Waals surface area contributed by atoms with Crippen LogP contribution in [-0.4, -0.2) is 4.92 Å². The molecule has 0 aliphatic rings. The first-order valence-corrected chi connectivity index (χ1v) is 6.82. The van der Waals surface area contributed by atoms with Gasteiger partial charge < -0.3 is 5.32 Å². The van der Waals surface area contributed by atoms with Gasteiger partial charge in [-0.2, -0.15) is 0 Å². The Morgan fingerprint density at radius 3 is 2.33 bits per heavy atom. The zero-order valence-electron chi connectivity index (χ0n) is 10.9. The third-order valence-corrected chi connectivity index (χ3v) is 3.58. The molecule has 0 amide bonds. The summed E-state index contributed by atoms with van der Waals surface area (Å²) in [6.07, 6.45) is 0. The summed E-state index contributed by atoms with van der Waals surface area (Å²) in [5, 5.41) is 13.7. The molecule has 7 heteroatoms. The maximum Gasteiger partial charge on any atom is 0.270 e. The quantitative estimate of drug-likeness (QED) is 0.631. The molecule has 21 heavy (non-hydrogen) atoms. The lowest BCUT2D eigenvalue weighted by atomic mass is 10.1. The minimum absolute atomic E-state index is 0.0446. The SMILES string of the molecule is CC(Nc1ccc([N+](=O)[O-])cc1Br)c1cc(F)cc(F)c1. The number of anilines is 1. The summed E-state index contributed by atoms with van der Waals surface area (Å²) in [6.45, 7) is 1.74. The van der Waals surface area contributed by atoms with E-state index in [9.17, 15) is 18.9 Å². The van der Waals surface area contributed by atoms with Crippen LogP contribution in [0.4, 0.5) is 20.2 Å². The Labute approximate surface area is 128 Å². The third kappa shape index (κ3) is 3.75. The van der Waals surface area contributed by atoms with Gasteiger partial charge in [-0.25, -0.2) is 8.78 Å². The standard InChI is InChI=1S/C14H11BrF2N2O2/c1-8(9-4-10(16)6-11(17)5-9)18-14-3-2-12(19(20)21)7-13(14)15/h2-8,18H,1H3. The smallest absolute Gasteiger partial charge is 0.270 e. The van der Waals surface area contributed by atoms with Crippen molar-refractivity contribution in [2.45, 2.75) is 13.0 Å². The molecular formula is C14H11BrF2N2O2. The van der Waals surface area contributed by atoms with Gasteiger partial charge in [-0.15, -0.1) is 0 Å². The number of non-ortho nitro benzene ring substituents is 1. The summed E-state index contributed by atoms with van der Waals surface area (Å²) in [5.74, 6) is -1.30. The lowest BCUT2D eigenvalue weighted by molar-refractivity contribution is -0.384. The molecule has 2 aromatic rings. The number of rotatable bonds is 4. The molecule has 2 rings (SSSR count). The average Bonchev–Trinajstić information content (AvgIpc) is 2.39. The number of benzene rings is 2. The summed E-state index contributed by atoms with van der Waals surface area (Å²) < 4.78 is 26.9. The largest absolute Gasteiger partial charge is 0.378 e. The molecule has 0 aliphatic heterocycles. The Hall–Kier alpha value is -2.02. The van der Waals surface area contributed by atoms with E-state index >= 15 is 0 Å². The van der Waals surface area contributed by atoms with E-state index in [1.165, 1.54) is 30.3 Å².